The van der Waals surface area contributed by atoms with Crippen LogP contribution in [-0.4, -0.2) is 46.6 Å². The van der Waals surface area contributed by atoms with Gasteiger partial charge in [-0.1, -0.05) is 12.1 Å². The molecular formula is C20H32IN5O2. The Hall–Kier alpha value is -1.81. The molecule has 8 heteroatoms. The minimum Gasteiger partial charge on any atom is -0.491 e. The maximum Gasteiger partial charge on any atom is 0.191 e. The summed E-state index contributed by atoms with van der Waals surface area (Å²) in [6, 6.07) is 7.49. The molecule has 1 unspecified atom stereocenters. The van der Waals surface area contributed by atoms with Crippen molar-refractivity contribution >= 4 is 29.9 Å². The number of aryl methyl sites for hydroxylation is 1. The molecule has 3 N–H and O–H groups in total. The monoisotopic (exact) mass is 501 g/mol. The van der Waals surface area contributed by atoms with Gasteiger partial charge in [0.15, 0.2) is 5.96 Å². The van der Waals surface area contributed by atoms with E-state index in [-0.39, 0.29) is 36.6 Å². The van der Waals surface area contributed by atoms with Gasteiger partial charge in [-0.15, -0.1) is 24.0 Å². The average Bonchev–Trinajstić information content (AvgIpc) is 3.04. The number of hydrogen-bond acceptors (Lipinski definition) is 4. The normalized spacial score (nSPS) is 12.4. The summed E-state index contributed by atoms with van der Waals surface area (Å²) in [5, 5.41) is 21.1. The zero-order valence-corrected chi connectivity index (χ0v) is 19.4. The van der Waals surface area contributed by atoms with E-state index < -0.39 is 6.10 Å². The number of nitrogens with zero attached hydrogens (tertiary/aromatic N) is 3. The highest BCUT2D eigenvalue weighted by Crippen LogP contribution is 2.19. The Bertz CT molecular complexity index is 716. The van der Waals surface area contributed by atoms with Crippen LogP contribution in [0.4, 0.5) is 0 Å². The van der Waals surface area contributed by atoms with Crippen molar-refractivity contribution in [2.24, 2.45) is 4.99 Å². The maximum atomic E-state index is 10.4. The predicted molar refractivity (Wildman–Crippen MR) is 124 cm³/mol. The molecule has 0 saturated heterocycles. The maximum absolute atomic E-state index is 10.4. The number of ether oxygens (including phenoxy) is 1. The second-order valence-corrected chi connectivity index (χ2v) is 6.68. The first-order valence-electron chi connectivity index (χ1n) is 9.44. The Balaban J connectivity index is 0.00000392. The van der Waals surface area contributed by atoms with Gasteiger partial charge in [0.25, 0.3) is 0 Å². The zero-order valence-electron chi connectivity index (χ0n) is 17.1. The van der Waals surface area contributed by atoms with E-state index in [0.29, 0.717) is 12.5 Å². The predicted octanol–water partition coefficient (Wildman–Crippen LogP) is 2.89. The van der Waals surface area contributed by atoms with Gasteiger partial charge in [0.2, 0.25) is 0 Å². The second kappa shape index (κ2) is 12.6. The van der Waals surface area contributed by atoms with Crippen LogP contribution in [0.1, 0.15) is 38.0 Å². The molecule has 0 spiro atoms. The lowest BCUT2D eigenvalue weighted by molar-refractivity contribution is 0.186. The van der Waals surface area contributed by atoms with Crippen LogP contribution in [0, 0.1) is 6.92 Å². The summed E-state index contributed by atoms with van der Waals surface area (Å²) in [6.45, 7) is 10.5. The number of aliphatic hydroxyl groups is 1. The lowest BCUT2D eigenvalue weighted by atomic mass is 10.1. The van der Waals surface area contributed by atoms with Crippen molar-refractivity contribution in [1.82, 2.24) is 20.4 Å². The van der Waals surface area contributed by atoms with Crippen LogP contribution in [0.15, 0.2) is 41.7 Å². The highest BCUT2D eigenvalue weighted by atomic mass is 127. The number of hydrogen-bond donors (Lipinski definition) is 3. The van der Waals surface area contributed by atoms with E-state index in [1.54, 1.807) is 0 Å². The van der Waals surface area contributed by atoms with Crippen molar-refractivity contribution in [3.05, 3.63) is 47.8 Å². The van der Waals surface area contributed by atoms with E-state index >= 15 is 0 Å². The number of halogens is 1. The van der Waals surface area contributed by atoms with Gasteiger partial charge < -0.3 is 20.5 Å². The molecule has 1 aromatic carbocycles. The minimum absolute atomic E-state index is 0. The molecule has 0 aliphatic carbocycles. The Kier molecular flexibility index (Phi) is 10.9. The van der Waals surface area contributed by atoms with Crippen LogP contribution in [0.2, 0.25) is 0 Å². The van der Waals surface area contributed by atoms with E-state index in [2.05, 4.69) is 20.7 Å². The van der Waals surface area contributed by atoms with Gasteiger partial charge in [0.1, 0.15) is 5.75 Å². The van der Waals surface area contributed by atoms with Gasteiger partial charge in [0.05, 0.1) is 31.5 Å². The van der Waals surface area contributed by atoms with E-state index in [1.165, 1.54) is 0 Å². The van der Waals surface area contributed by atoms with Crippen molar-refractivity contribution < 1.29 is 9.84 Å². The highest BCUT2D eigenvalue weighted by Gasteiger charge is 2.08. The van der Waals surface area contributed by atoms with Crippen LogP contribution in [-0.2, 0) is 6.54 Å². The van der Waals surface area contributed by atoms with Gasteiger partial charge in [-0.05, 0) is 51.0 Å². The smallest absolute Gasteiger partial charge is 0.191 e. The molecule has 1 heterocycles. The molecule has 0 bridgehead atoms. The standard InChI is InChI=1S/C20H31N5O2.HI/c1-5-21-20(22-10-11-25-14-16(4)12-24-25)23-13-19(26)17-6-8-18(9-7-17)27-15(2)3;/h6-9,12,14-15,19,26H,5,10-11,13H2,1-4H3,(H2,21,22,23);1H. The van der Waals surface area contributed by atoms with Crippen molar-refractivity contribution in [3.63, 3.8) is 0 Å². The van der Waals surface area contributed by atoms with Crippen molar-refractivity contribution in [2.75, 3.05) is 19.6 Å². The molecule has 0 saturated carbocycles. The summed E-state index contributed by atoms with van der Waals surface area (Å²) in [4.78, 5) is 4.48. The number of benzene rings is 1. The minimum atomic E-state index is -0.665. The third-order valence-electron chi connectivity index (χ3n) is 3.80. The van der Waals surface area contributed by atoms with Gasteiger partial charge in [-0.25, -0.2) is 0 Å². The van der Waals surface area contributed by atoms with Crippen LogP contribution in [0.5, 0.6) is 5.75 Å². The average molecular weight is 501 g/mol. The van der Waals surface area contributed by atoms with Crippen molar-refractivity contribution in [2.45, 2.75) is 46.4 Å². The second-order valence-electron chi connectivity index (χ2n) is 6.68. The quantitative estimate of drug-likeness (QED) is 0.280. The van der Waals surface area contributed by atoms with E-state index in [0.717, 1.165) is 30.0 Å². The third-order valence-corrected chi connectivity index (χ3v) is 3.80. The lowest BCUT2D eigenvalue weighted by Crippen LogP contribution is -2.39. The summed E-state index contributed by atoms with van der Waals surface area (Å²) < 4.78 is 7.52. The summed E-state index contributed by atoms with van der Waals surface area (Å²) in [6.07, 6.45) is 3.31. The first-order chi connectivity index (χ1) is 13.0. The summed E-state index contributed by atoms with van der Waals surface area (Å²) in [5.41, 5.74) is 1.96. The zero-order chi connectivity index (χ0) is 19.6. The van der Waals surface area contributed by atoms with E-state index in [9.17, 15) is 5.11 Å². The van der Waals surface area contributed by atoms with Crippen LogP contribution in [0.25, 0.3) is 0 Å². The van der Waals surface area contributed by atoms with Crippen LogP contribution < -0.4 is 15.4 Å². The Morgan fingerprint density at radius 2 is 1.96 bits per heavy atom. The molecule has 2 rings (SSSR count). The van der Waals surface area contributed by atoms with Crippen LogP contribution >= 0.6 is 24.0 Å². The molecule has 1 aromatic heterocycles. The Morgan fingerprint density at radius 1 is 1.25 bits per heavy atom. The Labute approximate surface area is 184 Å². The number of aromatic nitrogens is 2. The van der Waals surface area contributed by atoms with Crippen LogP contribution in [0.3, 0.4) is 0 Å². The third kappa shape index (κ3) is 8.47. The summed E-state index contributed by atoms with van der Waals surface area (Å²) in [5.74, 6) is 1.48. The van der Waals surface area contributed by atoms with Gasteiger partial charge in [-0.2, -0.15) is 5.10 Å². The molecule has 0 aliphatic heterocycles. The number of aliphatic imine (C=N–C) groups is 1. The summed E-state index contributed by atoms with van der Waals surface area (Å²) in [7, 11) is 0. The molecular weight excluding hydrogens is 469 g/mol. The number of rotatable bonds is 9. The summed E-state index contributed by atoms with van der Waals surface area (Å²) >= 11 is 0. The largest absolute Gasteiger partial charge is 0.491 e. The van der Waals surface area contributed by atoms with Gasteiger partial charge >= 0.3 is 0 Å². The SMILES string of the molecule is CCNC(=NCC(O)c1ccc(OC(C)C)cc1)NCCn1cc(C)cn1.I. The molecule has 0 fully saturated rings. The fourth-order valence-electron chi connectivity index (χ4n) is 2.54. The molecule has 0 amide bonds. The number of aliphatic hydroxyl groups excluding tert-OH is 1. The fraction of sp³-hybridized carbons (Fsp3) is 0.500. The molecule has 0 aliphatic rings. The van der Waals surface area contributed by atoms with Crippen molar-refractivity contribution in [3.8, 4) is 5.75 Å². The van der Waals surface area contributed by atoms with E-state index in [1.807, 2.05) is 69.0 Å². The topological polar surface area (TPSA) is 83.7 Å². The number of guanidine groups is 1. The molecule has 7 nitrogen and oxygen atoms in total. The molecule has 28 heavy (non-hydrogen) atoms. The molecule has 1 atom stereocenters. The molecule has 0 radical (unpaired) electrons. The number of nitrogens with one attached hydrogen (secondary N) is 2. The van der Waals surface area contributed by atoms with Gasteiger partial charge in [0, 0.05) is 19.3 Å². The first-order valence-corrected chi connectivity index (χ1v) is 9.44. The highest BCUT2D eigenvalue weighted by molar-refractivity contribution is 14.0. The molecule has 156 valence electrons. The lowest BCUT2D eigenvalue weighted by Gasteiger charge is -2.14. The first kappa shape index (κ1) is 24.2. The van der Waals surface area contributed by atoms with Crippen molar-refractivity contribution in [1.29, 1.82) is 0 Å². The van der Waals surface area contributed by atoms with Gasteiger partial charge in [-0.3, -0.25) is 9.67 Å². The van der Waals surface area contributed by atoms with E-state index in [4.69, 9.17) is 4.74 Å². The fourth-order valence-corrected chi connectivity index (χ4v) is 2.54. The Morgan fingerprint density at radius 3 is 2.54 bits per heavy atom. The molecule has 2 aromatic rings.